The van der Waals surface area contributed by atoms with Crippen LogP contribution < -0.4 is 0 Å². The number of aromatic amines is 1. The molecule has 1 aliphatic heterocycles. The number of nitrogens with one attached hydrogen (secondary N) is 1. The molecule has 1 amide bonds. The SMILES string of the molecule is Cc1cccn2cc(CC(=O)N3CCCC3c3ccc[nH]3)nc12. The summed E-state index contributed by atoms with van der Waals surface area (Å²) in [4.78, 5) is 22.6. The zero-order valence-electron chi connectivity index (χ0n) is 13.2. The van der Waals surface area contributed by atoms with Crippen LogP contribution in [0.3, 0.4) is 0 Å². The first-order valence-electron chi connectivity index (χ1n) is 8.08. The van der Waals surface area contributed by atoms with Gasteiger partial charge in [-0.05, 0) is 43.5 Å². The molecule has 0 aliphatic carbocycles. The molecule has 1 unspecified atom stereocenters. The van der Waals surface area contributed by atoms with Gasteiger partial charge >= 0.3 is 0 Å². The Bertz CT molecular complexity index is 834. The number of nitrogens with zero attached hydrogens (tertiary/aromatic N) is 3. The third kappa shape index (κ3) is 2.52. The Morgan fingerprint density at radius 3 is 3.09 bits per heavy atom. The van der Waals surface area contributed by atoms with Crippen LogP contribution in [0.2, 0.25) is 0 Å². The standard InChI is InChI=1S/C18H20N4O/c1-13-5-3-9-21-12-14(20-18(13)21)11-17(23)22-10-4-7-16(22)15-6-2-8-19-15/h2-3,5-6,8-9,12,16,19H,4,7,10-11H2,1H3. The average molecular weight is 308 g/mol. The van der Waals surface area contributed by atoms with E-state index in [0.29, 0.717) is 6.42 Å². The van der Waals surface area contributed by atoms with Crippen molar-refractivity contribution in [1.29, 1.82) is 0 Å². The lowest BCUT2D eigenvalue weighted by Crippen LogP contribution is -2.32. The van der Waals surface area contributed by atoms with Gasteiger partial charge in [-0.2, -0.15) is 0 Å². The highest BCUT2D eigenvalue weighted by Crippen LogP contribution is 2.31. The number of likely N-dealkylation sites (tertiary alicyclic amines) is 1. The zero-order chi connectivity index (χ0) is 15.8. The Balaban J connectivity index is 1.55. The summed E-state index contributed by atoms with van der Waals surface area (Å²) in [5, 5.41) is 0. The van der Waals surface area contributed by atoms with Gasteiger partial charge in [0.25, 0.3) is 0 Å². The summed E-state index contributed by atoms with van der Waals surface area (Å²) in [6, 6.07) is 8.26. The fourth-order valence-electron chi connectivity index (χ4n) is 3.49. The number of carbonyl (C=O) groups is 1. The molecule has 0 radical (unpaired) electrons. The quantitative estimate of drug-likeness (QED) is 0.809. The van der Waals surface area contributed by atoms with Crippen molar-refractivity contribution in [1.82, 2.24) is 19.3 Å². The van der Waals surface area contributed by atoms with E-state index in [-0.39, 0.29) is 11.9 Å². The third-order valence-electron chi connectivity index (χ3n) is 4.61. The molecular weight excluding hydrogens is 288 g/mol. The summed E-state index contributed by atoms with van der Waals surface area (Å²) in [5.41, 5.74) is 4.01. The van der Waals surface area contributed by atoms with E-state index in [1.165, 1.54) is 0 Å². The lowest BCUT2D eigenvalue weighted by molar-refractivity contribution is -0.131. The van der Waals surface area contributed by atoms with Crippen LogP contribution in [-0.2, 0) is 11.2 Å². The smallest absolute Gasteiger partial charge is 0.229 e. The Hall–Kier alpha value is -2.56. The molecule has 4 heterocycles. The predicted octanol–water partition coefficient (Wildman–Crippen LogP) is 2.88. The van der Waals surface area contributed by atoms with Crippen molar-refractivity contribution in [3.8, 4) is 0 Å². The van der Waals surface area contributed by atoms with Crippen LogP contribution in [0.5, 0.6) is 0 Å². The second-order valence-corrected chi connectivity index (χ2v) is 6.20. The summed E-state index contributed by atoms with van der Waals surface area (Å²) >= 11 is 0. The Kier molecular flexibility index (Phi) is 3.41. The molecule has 118 valence electrons. The maximum Gasteiger partial charge on any atom is 0.229 e. The van der Waals surface area contributed by atoms with E-state index in [0.717, 1.165) is 42.0 Å². The van der Waals surface area contributed by atoms with E-state index in [1.807, 2.05) is 53.0 Å². The number of carbonyl (C=O) groups excluding carboxylic acids is 1. The van der Waals surface area contributed by atoms with Crippen molar-refractivity contribution in [2.24, 2.45) is 0 Å². The maximum absolute atomic E-state index is 12.7. The molecule has 3 aromatic heterocycles. The van der Waals surface area contributed by atoms with E-state index >= 15 is 0 Å². The highest BCUT2D eigenvalue weighted by molar-refractivity contribution is 5.79. The van der Waals surface area contributed by atoms with Crippen molar-refractivity contribution in [2.75, 3.05) is 6.54 Å². The van der Waals surface area contributed by atoms with Gasteiger partial charge in [0, 0.05) is 30.8 Å². The van der Waals surface area contributed by atoms with E-state index in [9.17, 15) is 4.79 Å². The molecule has 1 saturated heterocycles. The first-order chi connectivity index (χ1) is 11.2. The average Bonchev–Trinajstić information content (AvgIpc) is 3.27. The Morgan fingerprint density at radius 1 is 1.39 bits per heavy atom. The summed E-state index contributed by atoms with van der Waals surface area (Å²) in [5.74, 6) is 0.156. The second-order valence-electron chi connectivity index (χ2n) is 6.20. The number of H-pyrrole nitrogens is 1. The summed E-state index contributed by atoms with van der Waals surface area (Å²) in [6.45, 7) is 2.87. The minimum absolute atomic E-state index is 0.156. The van der Waals surface area contributed by atoms with Gasteiger partial charge < -0.3 is 14.3 Å². The molecular formula is C18H20N4O. The molecule has 5 heteroatoms. The Morgan fingerprint density at radius 2 is 2.30 bits per heavy atom. The summed E-state index contributed by atoms with van der Waals surface area (Å²) in [6.07, 6.45) is 8.29. The van der Waals surface area contributed by atoms with Gasteiger partial charge in [-0.15, -0.1) is 0 Å². The maximum atomic E-state index is 12.7. The molecule has 0 aromatic carbocycles. The number of aryl methyl sites for hydroxylation is 1. The molecule has 0 spiro atoms. The topological polar surface area (TPSA) is 53.4 Å². The number of imidazole rings is 1. The lowest BCUT2D eigenvalue weighted by atomic mass is 10.1. The number of rotatable bonds is 3. The molecule has 1 aliphatic rings. The number of hydrogen-bond acceptors (Lipinski definition) is 2. The number of pyridine rings is 1. The third-order valence-corrected chi connectivity index (χ3v) is 4.61. The van der Waals surface area contributed by atoms with Crippen molar-refractivity contribution >= 4 is 11.6 Å². The van der Waals surface area contributed by atoms with Crippen LogP contribution in [0.1, 0.15) is 35.8 Å². The van der Waals surface area contributed by atoms with Crippen LogP contribution in [0.25, 0.3) is 5.65 Å². The largest absolute Gasteiger partial charge is 0.363 e. The van der Waals surface area contributed by atoms with Gasteiger partial charge in [-0.3, -0.25) is 4.79 Å². The van der Waals surface area contributed by atoms with Crippen LogP contribution in [0, 0.1) is 6.92 Å². The minimum Gasteiger partial charge on any atom is -0.363 e. The van der Waals surface area contributed by atoms with Crippen LogP contribution >= 0.6 is 0 Å². The number of fused-ring (bicyclic) bond motifs is 1. The van der Waals surface area contributed by atoms with Gasteiger partial charge in [0.15, 0.2) is 0 Å². The lowest BCUT2D eigenvalue weighted by Gasteiger charge is -2.23. The van der Waals surface area contributed by atoms with Crippen molar-refractivity contribution in [3.05, 3.63) is 59.8 Å². The van der Waals surface area contributed by atoms with E-state index in [1.54, 1.807) is 0 Å². The second kappa shape index (κ2) is 5.57. The van der Waals surface area contributed by atoms with Crippen LogP contribution in [0.4, 0.5) is 0 Å². The van der Waals surface area contributed by atoms with Crippen LogP contribution in [0.15, 0.2) is 42.9 Å². The molecule has 1 fully saturated rings. The van der Waals surface area contributed by atoms with Crippen molar-refractivity contribution < 1.29 is 4.79 Å². The monoisotopic (exact) mass is 308 g/mol. The van der Waals surface area contributed by atoms with Crippen LogP contribution in [-0.4, -0.2) is 31.7 Å². The molecule has 4 rings (SSSR count). The van der Waals surface area contributed by atoms with Gasteiger partial charge in [0.1, 0.15) is 5.65 Å². The van der Waals surface area contributed by atoms with Gasteiger partial charge in [-0.1, -0.05) is 6.07 Å². The fourth-order valence-corrected chi connectivity index (χ4v) is 3.49. The number of aromatic nitrogens is 3. The molecule has 1 atom stereocenters. The number of amides is 1. The van der Waals surface area contributed by atoms with Gasteiger partial charge in [0.05, 0.1) is 18.2 Å². The fraction of sp³-hybridized carbons (Fsp3) is 0.333. The minimum atomic E-state index is 0.156. The van der Waals surface area contributed by atoms with Crippen molar-refractivity contribution in [2.45, 2.75) is 32.2 Å². The molecule has 5 nitrogen and oxygen atoms in total. The van der Waals surface area contributed by atoms with E-state index < -0.39 is 0 Å². The molecule has 0 saturated carbocycles. The molecule has 1 N–H and O–H groups in total. The predicted molar refractivity (Wildman–Crippen MR) is 88.1 cm³/mol. The van der Waals surface area contributed by atoms with Gasteiger partial charge in [0.2, 0.25) is 5.91 Å². The van der Waals surface area contributed by atoms with Crippen molar-refractivity contribution in [3.63, 3.8) is 0 Å². The summed E-state index contributed by atoms with van der Waals surface area (Å²) in [7, 11) is 0. The van der Waals surface area contributed by atoms with E-state index in [4.69, 9.17) is 0 Å². The molecule has 3 aromatic rings. The highest BCUT2D eigenvalue weighted by atomic mass is 16.2. The molecule has 23 heavy (non-hydrogen) atoms. The zero-order valence-corrected chi connectivity index (χ0v) is 13.2. The first-order valence-corrected chi connectivity index (χ1v) is 8.08. The van der Waals surface area contributed by atoms with Gasteiger partial charge in [-0.25, -0.2) is 4.98 Å². The van der Waals surface area contributed by atoms with E-state index in [2.05, 4.69) is 16.0 Å². The first kappa shape index (κ1) is 14.1. The summed E-state index contributed by atoms with van der Waals surface area (Å²) < 4.78 is 1.99. The number of hydrogen-bond donors (Lipinski definition) is 1. The highest BCUT2D eigenvalue weighted by Gasteiger charge is 2.30. The molecule has 0 bridgehead atoms. The Labute approximate surface area is 135 Å². The normalized spacial score (nSPS) is 18.0.